The fraction of sp³-hybridized carbons (Fsp3) is 0. The van der Waals surface area contributed by atoms with Gasteiger partial charge in [-0.3, -0.25) is 4.98 Å². The van der Waals surface area contributed by atoms with Crippen molar-refractivity contribution in [3.63, 3.8) is 0 Å². The van der Waals surface area contributed by atoms with Crippen LogP contribution in [-0.2, 0) is 0 Å². The number of hydrogen-bond acceptors (Lipinski definition) is 1. The summed E-state index contributed by atoms with van der Waals surface area (Å²) < 4.78 is 0.759. The van der Waals surface area contributed by atoms with Gasteiger partial charge in [0.2, 0.25) is 0 Å². The average Bonchev–Trinajstić information content (AvgIpc) is 1.69. The number of halogens is 1. The van der Waals surface area contributed by atoms with Crippen LogP contribution in [0.15, 0.2) is 22.9 Å². The van der Waals surface area contributed by atoms with Crippen molar-refractivity contribution in [3.05, 3.63) is 29.0 Å². The van der Waals surface area contributed by atoms with Crippen LogP contribution in [0, 0.1) is 6.07 Å². The van der Waals surface area contributed by atoms with E-state index >= 15 is 0 Å². The van der Waals surface area contributed by atoms with Gasteiger partial charge in [-0.05, 0) is 0 Å². The van der Waals surface area contributed by atoms with Gasteiger partial charge in [0.25, 0.3) is 0 Å². The van der Waals surface area contributed by atoms with Crippen LogP contribution in [0.25, 0.3) is 0 Å². The van der Waals surface area contributed by atoms with E-state index in [0.29, 0.717) is 0 Å². The summed E-state index contributed by atoms with van der Waals surface area (Å²) >= 11 is 3.14. The zero-order valence-electron chi connectivity index (χ0n) is 4.56. The van der Waals surface area contributed by atoms with Gasteiger partial charge in [0, 0.05) is 4.60 Å². The van der Waals surface area contributed by atoms with E-state index in [4.69, 9.17) is 0 Å². The number of nitrogens with zero attached hydrogens (tertiary/aromatic N) is 1. The Morgan fingerprint density at radius 1 is 1.62 bits per heavy atom. The molecule has 0 radical (unpaired) electrons. The maximum Gasteiger partial charge on any atom is 1.00 e. The van der Waals surface area contributed by atoms with Crippen LogP contribution in [0.4, 0.5) is 0 Å². The first-order valence-corrected chi connectivity index (χ1v) is 2.67. The second-order valence-corrected chi connectivity index (χ2v) is 1.82. The Balaban J connectivity index is 0.000000490. The quantitative estimate of drug-likeness (QED) is 0.262. The second kappa shape index (κ2) is 4.14. The summed E-state index contributed by atoms with van der Waals surface area (Å²) in [7, 11) is 0. The van der Waals surface area contributed by atoms with Gasteiger partial charge in [0.15, 0.2) is 0 Å². The first-order valence-electron chi connectivity index (χ1n) is 1.88. The minimum absolute atomic E-state index is 0. The topological polar surface area (TPSA) is 12.9 Å². The molecule has 1 nitrogen and oxygen atoms in total. The first kappa shape index (κ1) is 8.23. The predicted octanol–water partition coefficient (Wildman–Crippen LogP) is -1.35. The summed E-state index contributed by atoms with van der Waals surface area (Å²) in [6.07, 6.45) is 1.71. The van der Waals surface area contributed by atoms with E-state index in [2.05, 4.69) is 27.0 Å². The zero-order chi connectivity index (χ0) is 5.11. The molecule has 36 valence electrons. The smallest absolute Gasteiger partial charge is 0.289 e. The average molecular weight is 164 g/mol. The van der Waals surface area contributed by atoms with Crippen LogP contribution in [0.5, 0.6) is 0 Å². The Morgan fingerprint density at radius 2 is 2.38 bits per heavy atom. The first-order chi connectivity index (χ1) is 3.39. The van der Waals surface area contributed by atoms with Crippen LogP contribution >= 0.6 is 15.9 Å². The van der Waals surface area contributed by atoms with E-state index in [1.807, 2.05) is 6.07 Å². The van der Waals surface area contributed by atoms with Gasteiger partial charge >= 0.3 is 18.9 Å². The van der Waals surface area contributed by atoms with E-state index in [1.54, 1.807) is 12.3 Å². The summed E-state index contributed by atoms with van der Waals surface area (Å²) in [6, 6.07) is 6.46. The van der Waals surface area contributed by atoms with Crippen LogP contribution in [0.2, 0.25) is 0 Å². The molecule has 0 bridgehead atoms. The molecule has 0 saturated heterocycles. The van der Waals surface area contributed by atoms with Crippen LogP contribution in [0.3, 0.4) is 0 Å². The third kappa shape index (κ3) is 2.51. The van der Waals surface area contributed by atoms with Crippen molar-refractivity contribution in [2.24, 2.45) is 0 Å². The number of hydrogen-bond donors (Lipinski definition) is 0. The Bertz CT molecular complexity index is 142. The Kier molecular flexibility index (Phi) is 4.26. The van der Waals surface area contributed by atoms with Gasteiger partial charge in [-0.2, -0.15) is 6.07 Å². The molecule has 1 aromatic heterocycles. The van der Waals surface area contributed by atoms with Crippen molar-refractivity contribution >= 4 is 15.9 Å². The fourth-order valence-corrected chi connectivity index (χ4v) is 0.556. The molecule has 0 N–H and O–H groups in total. The molecule has 0 aliphatic carbocycles. The molecule has 1 heterocycles. The maximum absolute atomic E-state index is 3.84. The molecule has 0 spiro atoms. The molecule has 0 aromatic carbocycles. The van der Waals surface area contributed by atoms with Crippen molar-refractivity contribution in [1.82, 2.24) is 4.98 Å². The van der Waals surface area contributed by atoms with Gasteiger partial charge in [-0.25, -0.2) is 12.1 Å². The maximum atomic E-state index is 3.84. The molecule has 1 aromatic rings. The normalized spacial score (nSPS) is 7.62. The largest absolute Gasteiger partial charge is 1.00 e. The minimum Gasteiger partial charge on any atom is -0.289 e. The predicted molar refractivity (Wildman–Crippen MR) is 30.8 cm³/mol. The van der Waals surface area contributed by atoms with Gasteiger partial charge < -0.3 is 0 Å². The molecular weight excluding hydrogens is 161 g/mol. The minimum atomic E-state index is 0. The molecule has 0 atom stereocenters. The van der Waals surface area contributed by atoms with Crippen molar-refractivity contribution in [3.8, 4) is 0 Å². The van der Waals surface area contributed by atoms with E-state index in [9.17, 15) is 0 Å². The third-order valence-corrected chi connectivity index (χ3v) is 1.01. The molecule has 1 rings (SSSR count). The number of rotatable bonds is 0. The zero-order valence-corrected chi connectivity index (χ0v) is 6.14. The van der Waals surface area contributed by atoms with E-state index in [-0.39, 0.29) is 18.9 Å². The number of aromatic nitrogens is 1. The van der Waals surface area contributed by atoms with E-state index in [1.165, 1.54) is 0 Å². The summed E-state index contributed by atoms with van der Waals surface area (Å²) in [6.45, 7) is 0. The molecule has 0 aliphatic heterocycles. The SMILES string of the molecule is Brc1[c-]cccn1.[Li+]. The Morgan fingerprint density at radius 3 is 2.62 bits per heavy atom. The fourth-order valence-electron chi connectivity index (χ4n) is 0.306. The molecule has 0 aliphatic rings. The summed E-state index contributed by atoms with van der Waals surface area (Å²) in [5.74, 6) is 0. The Hall–Kier alpha value is 0.227. The van der Waals surface area contributed by atoms with Crippen molar-refractivity contribution in [2.75, 3.05) is 0 Å². The van der Waals surface area contributed by atoms with Gasteiger partial charge in [0.1, 0.15) is 0 Å². The van der Waals surface area contributed by atoms with Crippen LogP contribution in [-0.4, -0.2) is 4.98 Å². The monoisotopic (exact) mass is 163 g/mol. The summed E-state index contributed by atoms with van der Waals surface area (Å²) in [5.41, 5.74) is 0. The molecule has 0 saturated carbocycles. The Labute approximate surface area is 68.8 Å². The van der Waals surface area contributed by atoms with Crippen LogP contribution in [0.1, 0.15) is 0 Å². The number of pyridine rings is 1. The van der Waals surface area contributed by atoms with Crippen molar-refractivity contribution in [1.29, 1.82) is 0 Å². The van der Waals surface area contributed by atoms with E-state index in [0.717, 1.165) is 4.60 Å². The van der Waals surface area contributed by atoms with E-state index < -0.39 is 0 Å². The standard InChI is InChI=1S/C5H3BrN.Li/c6-5-3-1-2-4-7-5;/h1-2,4H;/q-1;+1. The summed E-state index contributed by atoms with van der Waals surface area (Å²) in [5, 5.41) is 0. The molecule has 0 amide bonds. The second-order valence-electron chi connectivity index (χ2n) is 1.07. The molecule has 3 heteroatoms. The molecule has 0 fully saturated rings. The third-order valence-electron chi connectivity index (χ3n) is 0.573. The van der Waals surface area contributed by atoms with Crippen molar-refractivity contribution < 1.29 is 18.9 Å². The molecule has 0 unspecified atom stereocenters. The van der Waals surface area contributed by atoms with Crippen LogP contribution < -0.4 is 18.9 Å². The van der Waals surface area contributed by atoms with Gasteiger partial charge in [-0.15, -0.1) is 0 Å². The van der Waals surface area contributed by atoms with Gasteiger partial charge in [0.05, 0.1) is 0 Å². The summed E-state index contributed by atoms with van der Waals surface area (Å²) in [4.78, 5) is 3.84. The van der Waals surface area contributed by atoms with Crippen molar-refractivity contribution in [2.45, 2.75) is 0 Å². The molecular formula is C5H3BrLiN. The van der Waals surface area contributed by atoms with Gasteiger partial charge in [-0.1, -0.05) is 22.1 Å². The molecule has 8 heavy (non-hydrogen) atoms.